The molecule has 1 N–H and O–H groups in total. The van der Waals surface area contributed by atoms with Crippen LogP contribution in [0.1, 0.15) is 100 Å². The van der Waals surface area contributed by atoms with E-state index in [-0.39, 0.29) is 40.8 Å². The van der Waals surface area contributed by atoms with Gasteiger partial charge in [-0.2, -0.15) is 0 Å². The standard InChI is InChI=1S/C21H35NO4.C8H17N/c1-19(2,3)10-12(23)9-13(20(4,5)6)17(24)22-11-14-15(21(14,7)8)16(22)18(25)26;1-9(2)8-6-4-3-5-7-8/h13-16H,9-11H2,1-8H3,(H,25,26);8H,3-7H2,1-2H3/t13-,14+,15+,16+;/m1./s1. The minimum atomic E-state index is -0.926. The molecule has 2 saturated carbocycles. The summed E-state index contributed by atoms with van der Waals surface area (Å²) in [7, 11) is 4.38. The molecule has 0 bridgehead atoms. The molecule has 4 atom stereocenters. The fraction of sp³-hybridized carbons (Fsp3) is 0.897. The van der Waals surface area contributed by atoms with Gasteiger partial charge in [0, 0.05) is 37.3 Å². The molecule has 1 aliphatic heterocycles. The van der Waals surface area contributed by atoms with E-state index in [0.29, 0.717) is 13.0 Å². The van der Waals surface area contributed by atoms with Crippen LogP contribution in [0.15, 0.2) is 0 Å². The van der Waals surface area contributed by atoms with Crippen LogP contribution in [0.2, 0.25) is 0 Å². The number of nitrogens with zero attached hydrogens (tertiary/aromatic N) is 2. The van der Waals surface area contributed by atoms with Crippen LogP contribution in [-0.2, 0) is 14.4 Å². The predicted molar refractivity (Wildman–Crippen MR) is 141 cm³/mol. The lowest BCUT2D eigenvalue weighted by atomic mass is 9.75. The second kappa shape index (κ2) is 10.9. The molecule has 0 spiro atoms. The van der Waals surface area contributed by atoms with Gasteiger partial charge in [0.05, 0.1) is 0 Å². The molecule has 0 aromatic rings. The minimum Gasteiger partial charge on any atom is -0.480 e. The van der Waals surface area contributed by atoms with Crippen LogP contribution in [0, 0.1) is 34.0 Å². The zero-order valence-corrected chi connectivity index (χ0v) is 24.1. The maximum Gasteiger partial charge on any atom is 0.326 e. The van der Waals surface area contributed by atoms with Crippen LogP contribution >= 0.6 is 0 Å². The first-order valence-corrected chi connectivity index (χ1v) is 13.6. The van der Waals surface area contributed by atoms with Crippen molar-refractivity contribution in [1.29, 1.82) is 0 Å². The van der Waals surface area contributed by atoms with Crippen LogP contribution in [0.4, 0.5) is 0 Å². The Morgan fingerprint density at radius 1 is 1.00 bits per heavy atom. The number of fused-ring (bicyclic) bond motifs is 1. The van der Waals surface area contributed by atoms with Crippen LogP contribution in [0.3, 0.4) is 0 Å². The van der Waals surface area contributed by atoms with Gasteiger partial charge in [0.15, 0.2) is 0 Å². The third-order valence-electron chi connectivity index (χ3n) is 8.55. The largest absolute Gasteiger partial charge is 0.480 e. The molecule has 3 rings (SSSR count). The molecular weight excluding hydrogens is 440 g/mol. The van der Waals surface area contributed by atoms with E-state index >= 15 is 0 Å². The number of carbonyl (C=O) groups excluding carboxylic acids is 2. The molecule has 202 valence electrons. The third kappa shape index (κ3) is 7.53. The van der Waals surface area contributed by atoms with Gasteiger partial charge in [0.25, 0.3) is 0 Å². The normalized spacial score (nSPS) is 27.1. The zero-order chi connectivity index (χ0) is 26.9. The highest BCUT2D eigenvalue weighted by molar-refractivity contribution is 5.91. The molecule has 0 aromatic carbocycles. The lowest BCUT2D eigenvalue weighted by Gasteiger charge is -2.36. The quantitative estimate of drug-likeness (QED) is 0.530. The summed E-state index contributed by atoms with van der Waals surface area (Å²) in [5.41, 5.74) is -0.527. The first-order valence-electron chi connectivity index (χ1n) is 13.6. The second-order valence-electron chi connectivity index (χ2n) is 14.4. The number of carboxylic acids is 1. The molecular formula is C29H52N2O4. The van der Waals surface area contributed by atoms with Gasteiger partial charge in [-0.05, 0) is 49.1 Å². The number of likely N-dealkylation sites (tertiary alicyclic amines) is 1. The van der Waals surface area contributed by atoms with Gasteiger partial charge in [-0.3, -0.25) is 9.59 Å². The minimum absolute atomic E-state index is 0.0148. The second-order valence-corrected chi connectivity index (χ2v) is 14.4. The van der Waals surface area contributed by atoms with Gasteiger partial charge in [0.2, 0.25) is 5.91 Å². The number of rotatable bonds is 6. The number of carbonyl (C=O) groups is 3. The van der Waals surface area contributed by atoms with E-state index < -0.39 is 23.3 Å². The SMILES string of the molecule is CC(C)(C)CC(=O)C[C@H](C(=O)N1C[C@H]2[C@@H]([C@H]1C(=O)O)C2(C)C)C(C)(C)C.CN(C)C1CCCCC1. The van der Waals surface area contributed by atoms with Crippen LogP contribution in [-0.4, -0.2) is 65.3 Å². The molecule has 0 unspecified atom stereocenters. The summed E-state index contributed by atoms with van der Waals surface area (Å²) in [6.45, 7) is 16.5. The molecule has 6 nitrogen and oxygen atoms in total. The Morgan fingerprint density at radius 3 is 1.94 bits per heavy atom. The fourth-order valence-corrected chi connectivity index (χ4v) is 6.25. The maximum atomic E-state index is 13.3. The zero-order valence-electron chi connectivity index (χ0n) is 24.1. The highest BCUT2D eigenvalue weighted by atomic mass is 16.4. The van der Waals surface area contributed by atoms with Crippen molar-refractivity contribution in [2.75, 3.05) is 20.6 Å². The topological polar surface area (TPSA) is 77.9 Å². The van der Waals surface area contributed by atoms with Crippen molar-refractivity contribution in [3.05, 3.63) is 0 Å². The molecule has 0 aromatic heterocycles. The van der Waals surface area contributed by atoms with Gasteiger partial charge in [-0.1, -0.05) is 74.7 Å². The summed E-state index contributed by atoms with van der Waals surface area (Å²) in [5.74, 6) is -1.24. The average Bonchev–Trinajstić information content (AvgIpc) is 3.06. The number of aliphatic carboxylic acids is 1. The first kappa shape index (κ1) is 29.8. The van der Waals surface area contributed by atoms with E-state index in [1.807, 2.05) is 41.5 Å². The predicted octanol–water partition coefficient (Wildman–Crippen LogP) is 5.49. The maximum absolute atomic E-state index is 13.3. The molecule has 3 fully saturated rings. The summed E-state index contributed by atoms with van der Waals surface area (Å²) in [6, 6.07) is 0.129. The van der Waals surface area contributed by atoms with Crippen molar-refractivity contribution in [2.24, 2.45) is 34.0 Å². The molecule has 0 radical (unpaired) electrons. The Bertz CT molecular complexity index is 769. The smallest absolute Gasteiger partial charge is 0.326 e. The number of Topliss-reactive ketones (excluding diaryl/α,β-unsaturated/α-hetero) is 1. The Hall–Kier alpha value is -1.43. The third-order valence-corrected chi connectivity index (χ3v) is 8.55. The van der Waals surface area contributed by atoms with Gasteiger partial charge < -0.3 is 14.9 Å². The fourth-order valence-electron chi connectivity index (χ4n) is 6.25. The molecule has 35 heavy (non-hydrogen) atoms. The van der Waals surface area contributed by atoms with Crippen molar-refractivity contribution in [1.82, 2.24) is 9.80 Å². The molecule has 1 saturated heterocycles. The summed E-state index contributed by atoms with van der Waals surface area (Å²) >= 11 is 0. The van der Waals surface area contributed by atoms with Crippen LogP contribution in [0.5, 0.6) is 0 Å². The lowest BCUT2D eigenvalue weighted by Crippen LogP contribution is -2.50. The van der Waals surface area contributed by atoms with Gasteiger partial charge in [0.1, 0.15) is 11.8 Å². The monoisotopic (exact) mass is 492 g/mol. The van der Waals surface area contributed by atoms with Crippen LogP contribution in [0.25, 0.3) is 0 Å². The Kier molecular flexibility index (Phi) is 9.28. The van der Waals surface area contributed by atoms with Gasteiger partial charge in [-0.15, -0.1) is 0 Å². The molecule has 3 aliphatic rings. The number of ketones is 1. The summed E-state index contributed by atoms with van der Waals surface area (Å²) < 4.78 is 0. The molecule has 6 heteroatoms. The van der Waals surface area contributed by atoms with Gasteiger partial charge >= 0.3 is 5.97 Å². The molecule has 1 heterocycles. The number of amides is 1. The van der Waals surface area contributed by atoms with E-state index in [2.05, 4.69) is 32.8 Å². The van der Waals surface area contributed by atoms with Crippen molar-refractivity contribution in [3.63, 3.8) is 0 Å². The van der Waals surface area contributed by atoms with Crippen LogP contribution < -0.4 is 0 Å². The van der Waals surface area contributed by atoms with E-state index in [1.165, 1.54) is 32.1 Å². The van der Waals surface area contributed by atoms with E-state index in [1.54, 1.807) is 4.90 Å². The number of piperidine rings is 1. The highest BCUT2D eigenvalue weighted by Crippen LogP contribution is 2.65. The van der Waals surface area contributed by atoms with E-state index in [4.69, 9.17) is 0 Å². The van der Waals surface area contributed by atoms with Crippen molar-refractivity contribution in [2.45, 2.75) is 112 Å². The Labute approximate surface area is 214 Å². The number of carboxylic acid groups (broad SMARTS) is 1. The Morgan fingerprint density at radius 2 is 1.54 bits per heavy atom. The van der Waals surface area contributed by atoms with Crippen molar-refractivity contribution >= 4 is 17.7 Å². The van der Waals surface area contributed by atoms with Crippen molar-refractivity contribution < 1.29 is 19.5 Å². The van der Waals surface area contributed by atoms with Crippen molar-refractivity contribution in [3.8, 4) is 0 Å². The number of hydrogen-bond acceptors (Lipinski definition) is 4. The summed E-state index contributed by atoms with van der Waals surface area (Å²) in [6.07, 6.45) is 7.81. The molecule has 1 amide bonds. The summed E-state index contributed by atoms with van der Waals surface area (Å²) in [4.78, 5) is 41.6. The van der Waals surface area contributed by atoms with E-state index in [0.717, 1.165) is 6.04 Å². The lowest BCUT2D eigenvalue weighted by molar-refractivity contribution is -0.154. The Balaban J connectivity index is 0.000000402. The highest BCUT2D eigenvalue weighted by Gasteiger charge is 2.70. The first-order chi connectivity index (χ1) is 15.9. The average molecular weight is 493 g/mol. The van der Waals surface area contributed by atoms with Gasteiger partial charge in [-0.25, -0.2) is 4.79 Å². The number of hydrogen-bond donors (Lipinski definition) is 1. The summed E-state index contributed by atoms with van der Waals surface area (Å²) in [5, 5.41) is 9.72. The van der Waals surface area contributed by atoms with E-state index in [9.17, 15) is 19.5 Å². The molecule has 2 aliphatic carbocycles.